The van der Waals surface area contributed by atoms with Crippen molar-refractivity contribution in [2.24, 2.45) is 5.92 Å². The van der Waals surface area contributed by atoms with E-state index in [1.165, 1.54) is 0 Å². The quantitative estimate of drug-likeness (QED) is 0.191. The second-order valence-corrected chi connectivity index (χ2v) is 10.7. The number of carbonyl (C=O) groups excluding carboxylic acids is 2. The molecular weight excluding hydrogens is 506 g/mol. The first-order valence-electron chi connectivity index (χ1n) is 12.8. The number of rotatable bonds is 13. The van der Waals surface area contributed by atoms with Crippen molar-refractivity contribution in [2.75, 3.05) is 50.2 Å². The molecule has 2 aromatic heterocycles. The first-order chi connectivity index (χ1) is 18.4. The van der Waals surface area contributed by atoms with E-state index in [4.69, 9.17) is 14.5 Å². The molecule has 1 unspecified atom stereocenters. The summed E-state index contributed by atoms with van der Waals surface area (Å²) < 4.78 is 12.4. The average molecular weight is 542 g/mol. The summed E-state index contributed by atoms with van der Waals surface area (Å²) in [6, 6.07) is 7.26. The van der Waals surface area contributed by atoms with Crippen molar-refractivity contribution in [3.05, 3.63) is 30.5 Å². The van der Waals surface area contributed by atoms with Crippen LogP contribution in [-0.2, 0) is 20.9 Å². The fourth-order valence-electron chi connectivity index (χ4n) is 4.21. The van der Waals surface area contributed by atoms with E-state index >= 15 is 0 Å². The first-order valence-corrected chi connectivity index (χ1v) is 13.7. The number of thioether (sulfide) groups is 1. The Balaban J connectivity index is 1.38. The maximum atomic E-state index is 12.9. The second-order valence-electron chi connectivity index (χ2n) is 9.14. The molecule has 0 radical (unpaired) electrons. The van der Waals surface area contributed by atoms with Crippen LogP contribution in [-0.4, -0.2) is 76.8 Å². The van der Waals surface area contributed by atoms with Crippen LogP contribution in [0.25, 0.3) is 11.0 Å². The van der Waals surface area contributed by atoms with Gasteiger partial charge in [-0.1, -0.05) is 25.6 Å². The number of carbonyl (C=O) groups is 2. The number of nitrogens with zero attached hydrogens (tertiary/aromatic N) is 5. The Kier molecular flexibility index (Phi) is 9.40. The highest BCUT2D eigenvalue weighted by atomic mass is 32.2. The van der Waals surface area contributed by atoms with Crippen LogP contribution in [0.1, 0.15) is 27.2 Å². The Morgan fingerprint density at radius 2 is 2.00 bits per heavy atom. The van der Waals surface area contributed by atoms with Gasteiger partial charge in [-0.25, -0.2) is 14.6 Å². The van der Waals surface area contributed by atoms with Crippen LogP contribution in [0.2, 0.25) is 0 Å². The van der Waals surface area contributed by atoms with Gasteiger partial charge < -0.3 is 25.0 Å². The van der Waals surface area contributed by atoms with Gasteiger partial charge in [-0.2, -0.15) is 5.10 Å². The Morgan fingerprint density at radius 3 is 2.71 bits per heavy atom. The number of aromatic nitrogens is 4. The van der Waals surface area contributed by atoms with E-state index < -0.39 is 5.92 Å². The minimum absolute atomic E-state index is 0.0652. The number of benzene rings is 1. The van der Waals surface area contributed by atoms with Crippen LogP contribution in [0.15, 0.2) is 35.6 Å². The molecule has 0 spiro atoms. The van der Waals surface area contributed by atoms with Crippen molar-refractivity contribution in [1.29, 1.82) is 0 Å². The molecule has 0 saturated carbocycles. The normalized spacial score (nSPS) is 15.4. The lowest BCUT2D eigenvalue weighted by molar-refractivity contribution is -0.126. The third-order valence-corrected chi connectivity index (χ3v) is 6.93. The molecule has 1 atom stereocenters. The zero-order valence-corrected chi connectivity index (χ0v) is 23.1. The van der Waals surface area contributed by atoms with Gasteiger partial charge in [-0.3, -0.25) is 9.59 Å². The van der Waals surface area contributed by atoms with Gasteiger partial charge in [0.2, 0.25) is 11.8 Å². The van der Waals surface area contributed by atoms with Crippen molar-refractivity contribution in [3.8, 4) is 5.75 Å². The van der Waals surface area contributed by atoms with Crippen LogP contribution in [0.4, 0.5) is 11.5 Å². The Hall–Kier alpha value is -3.38. The molecule has 11 nitrogen and oxygen atoms in total. The van der Waals surface area contributed by atoms with Gasteiger partial charge >= 0.3 is 0 Å². The van der Waals surface area contributed by atoms with Crippen molar-refractivity contribution in [1.82, 2.24) is 25.1 Å². The summed E-state index contributed by atoms with van der Waals surface area (Å²) in [4.78, 5) is 36.5. The summed E-state index contributed by atoms with van der Waals surface area (Å²) in [6.45, 7) is 9.17. The van der Waals surface area contributed by atoms with Gasteiger partial charge in [0.25, 0.3) is 0 Å². The average Bonchev–Trinajstić information content (AvgIpc) is 3.50. The summed E-state index contributed by atoms with van der Waals surface area (Å²) in [5.74, 6) is 0.821. The largest absolute Gasteiger partial charge is 0.497 e. The molecule has 2 amide bonds. The maximum Gasteiger partial charge on any atom is 0.227 e. The number of hydrogen-bond donors (Lipinski definition) is 2. The van der Waals surface area contributed by atoms with Crippen molar-refractivity contribution in [2.45, 2.75) is 44.1 Å². The zero-order chi connectivity index (χ0) is 27.1. The van der Waals surface area contributed by atoms with Crippen molar-refractivity contribution >= 4 is 46.1 Å². The fraction of sp³-hybridized carbons (Fsp3) is 0.500. The van der Waals surface area contributed by atoms with E-state index in [0.29, 0.717) is 55.4 Å². The van der Waals surface area contributed by atoms with Gasteiger partial charge in [0, 0.05) is 43.6 Å². The van der Waals surface area contributed by atoms with Crippen LogP contribution >= 0.6 is 11.8 Å². The SMILES string of the molecule is CCOCCNc1nc(SC(C)C)nc2c1cnn2CCNC(=O)C1CC(=O)N(c2ccc(OC)cc2)C1. The summed E-state index contributed by atoms with van der Waals surface area (Å²) >= 11 is 1.58. The molecule has 204 valence electrons. The van der Waals surface area contributed by atoms with E-state index in [1.807, 2.05) is 19.1 Å². The molecule has 1 aliphatic rings. The highest BCUT2D eigenvalue weighted by Crippen LogP contribution is 2.28. The Labute approximate surface area is 226 Å². The van der Waals surface area contributed by atoms with Gasteiger partial charge in [-0.15, -0.1) is 0 Å². The molecule has 1 aliphatic heterocycles. The molecule has 0 aliphatic carbocycles. The highest BCUT2D eigenvalue weighted by molar-refractivity contribution is 7.99. The molecular formula is C26H35N7O4S. The van der Waals surface area contributed by atoms with Crippen LogP contribution in [0, 0.1) is 5.92 Å². The van der Waals surface area contributed by atoms with E-state index in [9.17, 15) is 9.59 Å². The number of fused-ring (bicyclic) bond motifs is 1. The molecule has 12 heteroatoms. The summed E-state index contributed by atoms with van der Waals surface area (Å²) in [5.41, 5.74) is 1.47. The van der Waals surface area contributed by atoms with Gasteiger partial charge in [0.1, 0.15) is 11.6 Å². The highest BCUT2D eigenvalue weighted by Gasteiger charge is 2.35. The number of ether oxygens (including phenoxy) is 2. The van der Waals surface area contributed by atoms with Crippen LogP contribution in [0.3, 0.4) is 0 Å². The van der Waals surface area contributed by atoms with Crippen LogP contribution in [0.5, 0.6) is 5.75 Å². The van der Waals surface area contributed by atoms with E-state index in [-0.39, 0.29) is 18.2 Å². The zero-order valence-electron chi connectivity index (χ0n) is 22.3. The fourth-order valence-corrected chi connectivity index (χ4v) is 4.91. The van der Waals surface area contributed by atoms with Gasteiger partial charge in [0.05, 0.1) is 37.8 Å². The van der Waals surface area contributed by atoms with E-state index in [1.54, 1.807) is 46.8 Å². The number of methoxy groups -OCH3 is 1. The summed E-state index contributed by atoms with van der Waals surface area (Å²) in [7, 11) is 1.60. The Morgan fingerprint density at radius 1 is 1.21 bits per heavy atom. The minimum Gasteiger partial charge on any atom is -0.497 e. The van der Waals surface area contributed by atoms with Gasteiger partial charge in [0.15, 0.2) is 10.8 Å². The molecule has 2 N–H and O–H groups in total. The van der Waals surface area contributed by atoms with Crippen LogP contribution < -0.4 is 20.3 Å². The molecule has 0 bridgehead atoms. The van der Waals surface area contributed by atoms with Crippen molar-refractivity contribution < 1.29 is 19.1 Å². The molecule has 38 heavy (non-hydrogen) atoms. The number of amides is 2. The Bertz CT molecular complexity index is 1250. The van der Waals surface area contributed by atoms with E-state index in [0.717, 1.165) is 22.6 Å². The predicted molar refractivity (Wildman–Crippen MR) is 148 cm³/mol. The minimum atomic E-state index is -0.406. The topological polar surface area (TPSA) is 124 Å². The number of hydrogen-bond acceptors (Lipinski definition) is 9. The molecule has 1 saturated heterocycles. The molecule has 4 rings (SSSR count). The smallest absolute Gasteiger partial charge is 0.227 e. The van der Waals surface area contributed by atoms with E-state index in [2.05, 4.69) is 34.6 Å². The lowest BCUT2D eigenvalue weighted by atomic mass is 10.1. The third kappa shape index (κ3) is 6.73. The summed E-state index contributed by atoms with van der Waals surface area (Å²) in [5, 5.41) is 12.6. The lowest BCUT2D eigenvalue weighted by Gasteiger charge is -2.17. The summed E-state index contributed by atoms with van der Waals surface area (Å²) in [6.07, 6.45) is 1.93. The predicted octanol–water partition coefficient (Wildman–Crippen LogP) is 2.95. The first kappa shape index (κ1) is 27.6. The maximum absolute atomic E-state index is 12.9. The third-order valence-electron chi connectivity index (χ3n) is 6.06. The number of anilines is 2. The standard InChI is InChI=1S/C26H35N7O4S/c1-5-37-13-11-27-23-21-15-29-33(24(21)31-26(30-23)38-17(2)3)12-10-28-25(35)18-14-22(34)32(16-18)19-6-8-20(36-4)9-7-19/h6-9,15,17-18H,5,10-14,16H2,1-4H3,(H,28,35)(H,27,30,31). The molecule has 1 aromatic carbocycles. The second kappa shape index (κ2) is 12.9. The molecule has 3 aromatic rings. The molecule has 1 fully saturated rings. The van der Waals surface area contributed by atoms with Gasteiger partial charge in [-0.05, 0) is 31.2 Å². The monoisotopic (exact) mass is 541 g/mol. The number of nitrogens with one attached hydrogen (secondary N) is 2. The molecule has 3 heterocycles. The van der Waals surface area contributed by atoms with Crippen molar-refractivity contribution in [3.63, 3.8) is 0 Å². The lowest BCUT2D eigenvalue weighted by Crippen LogP contribution is -2.35.